The van der Waals surface area contributed by atoms with Crippen LogP contribution in [0.2, 0.25) is 0 Å². The van der Waals surface area contributed by atoms with Crippen molar-refractivity contribution in [1.82, 2.24) is 25.1 Å². The van der Waals surface area contributed by atoms with Gasteiger partial charge < -0.3 is 10.6 Å². The largest absolute Gasteiger partial charge is 0.354 e. The lowest BCUT2D eigenvalue weighted by Crippen LogP contribution is -2.28. The monoisotopic (exact) mass is 350 g/mol. The summed E-state index contributed by atoms with van der Waals surface area (Å²) in [4.78, 5) is 20.3. The van der Waals surface area contributed by atoms with Gasteiger partial charge in [-0.05, 0) is 32.0 Å². The molecule has 3 aromatic rings. The van der Waals surface area contributed by atoms with E-state index >= 15 is 0 Å². The van der Waals surface area contributed by atoms with E-state index in [4.69, 9.17) is 0 Å². The van der Waals surface area contributed by atoms with Gasteiger partial charge in [-0.1, -0.05) is 18.2 Å². The number of para-hydroxylation sites is 1. The fraction of sp³-hybridized carbons (Fsp3) is 0.263. The molecule has 0 aliphatic rings. The Bertz CT molecular complexity index is 847. The van der Waals surface area contributed by atoms with Crippen molar-refractivity contribution in [2.45, 2.75) is 26.3 Å². The molecule has 2 aromatic heterocycles. The van der Waals surface area contributed by atoms with E-state index in [1.807, 2.05) is 55.1 Å². The molecule has 26 heavy (non-hydrogen) atoms. The Kier molecular flexibility index (Phi) is 5.58. The summed E-state index contributed by atoms with van der Waals surface area (Å²) >= 11 is 0. The van der Waals surface area contributed by atoms with Crippen LogP contribution in [0.1, 0.15) is 30.6 Å². The van der Waals surface area contributed by atoms with Gasteiger partial charge in [0.25, 0.3) is 0 Å². The van der Waals surface area contributed by atoms with Crippen LogP contribution in [0.15, 0.2) is 55.0 Å². The van der Waals surface area contributed by atoms with E-state index in [0.29, 0.717) is 18.9 Å². The second-order valence-corrected chi connectivity index (χ2v) is 5.97. The molecule has 3 rings (SSSR count). The van der Waals surface area contributed by atoms with Crippen LogP contribution in [0.4, 0.5) is 5.95 Å². The Labute approximate surface area is 152 Å². The quantitative estimate of drug-likeness (QED) is 0.684. The summed E-state index contributed by atoms with van der Waals surface area (Å²) in [5.41, 5.74) is 3.02. The number of nitrogens with one attached hydrogen (secondary N) is 2. The normalized spacial score (nSPS) is 11.8. The third kappa shape index (κ3) is 4.24. The number of hydrogen-bond acceptors (Lipinski definition) is 5. The van der Waals surface area contributed by atoms with Crippen molar-refractivity contribution in [1.29, 1.82) is 0 Å². The summed E-state index contributed by atoms with van der Waals surface area (Å²) < 4.78 is 1.88. The summed E-state index contributed by atoms with van der Waals surface area (Å²) in [5, 5.41) is 10.5. The van der Waals surface area contributed by atoms with E-state index in [1.165, 1.54) is 0 Å². The third-order valence-corrected chi connectivity index (χ3v) is 4.09. The molecule has 1 aromatic carbocycles. The number of amides is 1. The smallest absolute Gasteiger partial charge is 0.222 e. The Morgan fingerprint density at radius 1 is 1.15 bits per heavy atom. The SMILES string of the molecule is Cc1c([C@@H](C)NC(=O)CCNc2ncccn2)cnn1-c1ccccc1. The van der Waals surface area contributed by atoms with Gasteiger partial charge in [0.05, 0.1) is 17.9 Å². The molecule has 0 aliphatic carbocycles. The molecule has 0 radical (unpaired) electrons. The van der Waals surface area contributed by atoms with Crippen molar-refractivity contribution in [2.75, 3.05) is 11.9 Å². The number of carbonyl (C=O) groups is 1. The van der Waals surface area contributed by atoms with Gasteiger partial charge in [-0.2, -0.15) is 5.10 Å². The van der Waals surface area contributed by atoms with Gasteiger partial charge in [0.15, 0.2) is 0 Å². The Hall–Kier alpha value is -3.22. The first-order valence-corrected chi connectivity index (χ1v) is 8.55. The summed E-state index contributed by atoms with van der Waals surface area (Å²) in [6, 6.07) is 11.6. The Morgan fingerprint density at radius 2 is 1.88 bits per heavy atom. The maximum absolute atomic E-state index is 12.2. The number of rotatable bonds is 7. The number of aromatic nitrogens is 4. The van der Waals surface area contributed by atoms with Crippen molar-refractivity contribution in [2.24, 2.45) is 0 Å². The van der Waals surface area contributed by atoms with E-state index < -0.39 is 0 Å². The van der Waals surface area contributed by atoms with Crippen molar-refractivity contribution in [3.63, 3.8) is 0 Å². The zero-order valence-electron chi connectivity index (χ0n) is 14.9. The molecule has 0 aliphatic heterocycles. The molecule has 2 N–H and O–H groups in total. The van der Waals surface area contributed by atoms with Crippen LogP contribution in [-0.2, 0) is 4.79 Å². The number of benzene rings is 1. The fourth-order valence-electron chi connectivity index (χ4n) is 2.75. The van der Waals surface area contributed by atoms with Gasteiger partial charge in [0, 0.05) is 36.6 Å². The first-order valence-electron chi connectivity index (χ1n) is 8.55. The van der Waals surface area contributed by atoms with E-state index in [1.54, 1.807) is 18.5 Å². The van der Waals surface area contributed by atoms with Gasteiger partial charge in [-0.15, -0.1) is 0 Å². The highest BCUT2D eigenvalue weighted by atomic mass is 16.1. The number of carbonyl (C=O) groups excluding carboxylic acids is 1. The van der Waals surface area contributed by atoms with Crippen molar-refractivity contribution >= 4 is 11.9 Å². The third-order valence-electron chi connectivity index (χ3n) is 4.09. The highest BCUT2D eigenvalue weighted by molar-refractivity contribution is 5.76. The molecule has 1 atom stereocenters. The van der Waals surface area contributed by atoms with Crippen molar-refractivity contribution in [3.8, 4) is 5.69 Å². The van der Waals surface area contributed by atoms with Crippen molar-refractivity contribution in [3.05, 3.63) is 66.2 Å². The molecule has 7 heteroatoms. The van der Waals surface area contributed by atoms with E-state index in [2.05, 4.69) is 25.7 Å². The Morgan fingerprint density at radius 3 is 2.62 bits per heavy atom. The molecule has 134 valence electrons. The molecule has 0 spiro atoms. The average molecular weight is 350 g/mol. The van der Waals surface area contributed by atoms with Crippen molar-refractivity contribution < 1.29 is 4.79 Å². The molecule has 0 saturated carbocycles. The molecular weight excluding hydrogens is 328 g/mol. The Balaban J connectivity index is 1.55. The molecule has 2 heterocycles. The molecule has 0 fully saturated rings. The van der Waals surface area contributed by atoms with E-state index in [0.717, 1.165) is 16.9 Å². The lowest BCUT2D eigenvalue weighted by Gasteiger charge is -2.14. The topological polar surface area (TPSA) is 84.7 Å². The second kappa shape index (κ2) is 8.24. The molecular formula is C19H22N6O. The molecule has 0 unspecified atom stereocenters. The van der Waals surface area contributed by atoms with Gasteiger partial charge in [0.1, 0.15) is 0 Å². The van der Waals surface area contributed by atoms with Crippen LogP contribution in [0.5, 0.6) is 0 Å². The molecule has 0 saturated heterocycles. The first-order chi connectivity index (χ1) is 12.6. The van der Waals surface area contributed by atoms with E-state index in [9.17, 15) is 4.79 Å². The highest BCUT2D eigenvalue weighted by Gasteiger charge is 2.16. The standard InChI is InChI=1S/C19H22N6O/c1-14(24-18(26)9-12-22-19-20-10-6-11-21-19)17-13-23-25(15(17)2)16-7-4-3-5-8-16/h3-8,10-11,13-14H,9,12H2,1-2H3,(H,24,26)(H,20,21,22)/t14-/m1/s1. The predicted molar refractivity (Wildman–Crippen MR) is 100.0 cm³/mol. The highest BCUT2D eigenvalue weighted by Crippen LogP contribution is 2.20. The number of nitrogens with zero attached hydrogens (tertiary/aromatic N) is 4. The summed E-state index contributed by atoms with van der Waals surface area (Å²) in [6.45, 7) is 4.45. The van der Waals surface area contributed by atoms with Crippen LogP contribution in [0, 0.1) is 6.92 Å². The van der Waals surface area contributed by atoms with Gasteiger partial charge in [-0.25, -0.2) is 14.6 Å². The fourth-order valence-corrected chi connectivity index (χ4v) is 2.75. The second-order valence-electron chi connectivity index (χ2n) is 5.97. The van der Waals surface area contributed by atoms with Gasteiger partial charge >= 0.3 is 0 Å². The summed E-state index contributed by atoms with van der Waals surface area (Å²) in [5.74, 6) is 0.487. The summed E-state index contributed by atoms with van der Waals surface area (Å²) in [6.07, 6.45) is 5.47. The minimum absolute atomic E-state index is 0.0345. The van der Waals surface area contributed by atoms with Gasteiger partial charge in [-0.3, -0.25) is 4.79 Å². The van der Waals surface area contributed by atoms with Gasteiger partial charge in [0.2, 0.25) is 11.9 Å². The van der Waals surface area contributed by atoms with E-state index in [-0.39, 0.29) is 11.9 Å². The van der Waals surface area contributed by atoms with Crippen LogP contribution < -0.4 is 10.6 Å². The molecule has 0 bridgehead atoms. The zero-order chi connectivity index (χ0) is 18.4. The maximum atomic E-state index is 12.2. The minimum Gasteiger partial charge on any atom is -0.354 e. The number of hydrogen-bond donors (Lipinski definition) is 2. The lowest BCUT2D eigenvalue weighted by atomic mass is 10.1. The minimum atomic E-state index is -0.118. The maximum Gasteiger partial charge on any atom is 0.222 e. The molecule has 7 nitrogen and oxygen atoms in total. The predicted octanol–water partition coefficient (Wildman–Crippen LogP) is 2.65. The zero-order valence-corrected chi connectivity index (χ0v) is 14.9. The van der Waals surface area contributed by atoms with Crippen LogP contribution in [0.3, 0.4) is 0 Å². The summed E-state index contributed by atoms with van der Waals surface area (Å²) in [7, 11) is 0. The first kappa shape index (κ1) is 17.6. The number of anilines is 1. The van der Waals surface area contributed by atoms with Crippen LogP contribution >= 0.6 is 0 Å². The average Bonchev–Trinajstić information content (AvgIpc) is 3.05. The van der Waals surface area contributed by atoms with Crippen LogP contribution in [0.25, 0.3) is 5.69 Å². The van der Waals surface area contributed by atoms with Crippen LogP contribution in [-0.4, -0.2) is 32.2 Å². The molecule has 1 amide bonds. The lowest BCUT2D eigenvalue weighted by molar-refractivity contribution is -0.121.